The van der Waals surface area contributed by atoms with Crippen LogP contribution in [-0.2, 0) is 11.3 Å². The number of pyridine rings is 1. The van der Waals surface area contributed by atoms with Gasteiger partial charge in [-0.2, -0.15) is 0 Å². The number of carbonyl (C=O) groups is 1. The quantitative estimate of drug-likeness (QED) is 0.879. The van der Waals surface area contributed by atoms with Gasteiger partial charge in [0.05, 0.1) is 5.92 Å². The van der Waals surface area contributed by atoms with E-state index < -0.39 is 0 Å². The Morgan fingerprint density at radius 2 is 1.96 bits per heavy atom. The molecule has 4 atom stereocenters. The van der Waals surface area contributed by atoms with Crippen LogP contribution in [-0.4, -0.2) is 16.9 Å². The summed E-state index contributed by atoms with van der Waals surface area (Å²) in [7, 11) is 0. The number of rotatable bonds is 5. The summed E-state index contributed by atoms with van der Waals surface area (Å²) in [5.41, 5.74) is 7.19. The fraction of sp³-hybridized carbons (Fsp3) is 0.400. The summed E-state index contributed by atoms with van der Waals surface area (Å²) in [5.74, 6) is 2.37. The average Bonchev–Trinajstić information content (AvgIpc) is 3.23. The Morgan fingerprint density at radius 1 is 1.16 bits per heavy atom. The summed E-state index contributed by atoms with van der Waals surface area (Å²) in [6, 6.07) is 13.3. The normalized spacial score (nSPS) is 27.2. The lowest BCUT2D eigenvalue weighted by atomic mass is 9.84. The number of nitrogens with two attached hydrogens (primary N) is 1. The third kappa shape index (κ3) is 3.37. The van der Waals surface area contributed by atoms with E-state index in [2.05, 4.69) is 10.3 Å². The first-order chi connectivity index (χ1) is 12.2. The van der Waals surface area contributed by atoms with Gasteiger partial charge in [0, 0.05) is 24.8 Å². The van der Waals surface area contributed by atoms with Crippen LogP contribution in [0, 0.1) is 17.8 Å². The number of para-hydroxylation sites is 1. The SMILES string of the molecule is NC1C2CCC(C2)C1C(=O)NCc1ccc(Oc2ccccc2)nc1. The van der Waals surface area contributed by atoms with Crippen LogP contribution in [0.4, 0.5) is 0 Å². The minimum Gasteiger partial charge on any atom is -0.439 e. The molecule has 2 saturated carbocycles. The van der Waals surface area contributed by atoms with Crippen LogP contribution in [0.3, 0.4) is 0 Å². The van der Waals surface area contributed by atoms with Gasteiger partial charge in [-0.3, -0.25) is 4.79 Å². The summed E-state index contributed by atoms with van der Waals surface area (Å²) in [6.45, 7) is 0.470. The molecule has 2 fully saturated rings. The minimum absolute atomic E-state index is 0.0209. The first kappa shape index (κ1) is 16.1. The van der Waals surface area contributed by atoms with Gasteiger partial charge in [-0.1, -0.05) is 24.3 Å². The smallest absolute Gasteiger partial charge is 0.225 e. The highest BCUT2D eigenvalue weighted by Crippen LogP contribution is 2.47. The maximum absolute atomic E-state index is 12.5. The fourth-order valence-electron chi connectivity index (χ4n) is 4.22. The molecule has 4 rings (SSSR count). The Bertz CT molecular complexity index is 730. The maximum Gasteiger partial charge on any atom is 0.225 e. The van der Waals surface area contributed by atoms with E-state index in [-0.39, 0.29) is 17.9 Å². The van der Waals surface area contributed by atoms with E-state index in [1.54, 1.807) is 6.20 Å². The molecule has 4 unspecified atom stereocenters. The monoisotopic (exact) mass is 337 g/mol. The number of hydrogen-bond donors (Lipinski definition) is 2. The second-order valence-electron chi connectivity index (χ2n) is 7.07. The standard InChI is InChI=1S/C20H23N3O2/c21-19-15-8-7-14(10-15)18(19)20(24)23-12-13-6-9-17(22-11-13)25-16-4-2-1-3-5-16/h1-6,9,11,14-15,18-19H,7-8,10,12,21H2,(H,23,24). The van der Waals surface area contributed by atoms with Crippen LogP contribution in [0.25, 0.3) is 0 Å². The van der Waals surface area contributed by atoms with E-state index in [1.807, 2.05) is 42.5 Å². The summed E-state index contributed by atoms with van der Waals surface area (Å²) in [5, 5.41) is 3.03. The Labute approximate surface area is 147 Å². The van der Waals surface area contributed by atoms with Crippen molar-refractivity contribution in [2.45, 2.75) is 31.8 Å². The van der Waals surface area contributed by atoms with Crippen LogP contribution in [0.5, 0.6) is 11.6 Å². The van der Waals surface area contributed by atoms with Crippen LogP contribution in [0.2, 0.25) is 0 Å². The highest BCUT2D eigenvalue weighted by Gasteiger charge is 2.48. The number of nitrogens with one attached hydrogen (secondary N) is 1. The fourth-order valence-corrected chi connectivity index (χ4v) is 4.22. The first-order valence-electron chi connectivity index (χ1n) is 8.92. The van der Waals surface area contributed by atoms with Crippen LogP contribution in [0.15, 0.2) is 48.7 Å². The zero-order valence-electron chi connectivity index (χ0n) is 14.1. The summed E-state index contributed by atoms with van der Waals surface area (Å²) >= 11 is 0. The molecule has 130 valence electrons. The van der Waals surface area contributed by atoms with E-state index in [1.165, 1.54) is 6.42 Å². The van der Waals surface area contributed by atoms with Crippen LogP contribution >= 0.6 is 0 Å². The van der Waals surface area contributed by atoms with E-state index >= 15 is 0 Å². The molecule has 5 nitrogen and oxygen atoms in total. The van der Waals surface area contributed by atoms with Crippen molar-refractivity contribution >= 4 is 5.91 Å². The Hall–Kier alpha value is -2.40. The molecule has 1 aromatic carbocycles. The van der Waals surface area contributed by atoms with Gasteiger partial charge >= 0.3 is 0 Å². The number of ether oxygens (including phenoxy) is 1. The van der Waals surface area contributed by atoms with Crippen molar-refractivity contribution in [2.75, 3.05) is 0 Å². The number of benzene rings is 1. The minimum atomic E-state index is -0.0209. The summed E-state index contributed by atoms with van der Waals surface area (Å²) in [6.07, 6.45) is 5.18. The zero-order chi connectivity index (χ0) is 17.2. The van der Waals surface area contributed by atoms with Crippen molar-refractivity contribution in [2.24, 2.45) is 23.5 Å². The number of amides is 1. The van der Waals surface area contributed by atoms with Gasteiger partial charge in [-0.15, -0.1) is 0 Å². The Kier molecular flexibility index (Phi) is 4.40. The Morgan fingerprint density at radius 3 is 2.64 bits per heavy atom. The molecule has 1 amide bonds. The molecule has 2 aromatic rings. The largest absolute Gasteiger partial charge is 0.439 e. The molecule has 25 heavy (non-hydrogen) atoms. The van der Waals surface area contributed by atoms with E-state index in [0.717, 1.165) is 24.2 Å². The van der Waals surface area contributed by atoms with Gasteiger partial charge in [-0.25, -0.2) is 4.98 Å². The molecule has 1 heterocycles. The molecule has 0 radical (unpaired) electrons. The zero-order valence-corrected chi connectivity index (χ0v) is 14.1. The first-order valence-corrected chi connectivity index (χ1v) is 8.92. The van der Waals surface area contributed by atoms with Gasteiger partial charge in [0.15, 0.2) is 0 Å². The molecular weight excluding hydrogens is 314 g/mol. The lowest BCUT2D eigenvalue weighted by molar-refractivity contribution is -0.127. The number of hydrogen-bond acceptors (Lipinski definition) is 4. The number of fused-ring (bicyclic) bond motifs is 2. The number of carbonyl (C=O) groups excluding carboxylic acids is 1. The van der Waals surface area contributed by atoms with Gasteiger partial charge in [0.1, 0.15) is 5.75 Å². The van der Waals surface area contributed by atoms with Gasteiger partial charge in [-0.05, 0) is 48.8 Å². The number of nitrogens with zero attached hydrogens (tertiary/aromatic N) is 1. The number of aromatic nitrogens is 1. The van der Waals surface area contributed by atoms with Crippen molar-refractivity contribution in [3.8, 4) is 11.6 Å². The topological polar surface area (TPSA) is 77.2 Å². The molecule has 5 heteroatoms. The maximum atomic E-state index is 12.5. The van der Waals surface area contributed by atoms with Crippen molar-refractivity contribution < 1.29 is 9.53 Å². The highest BCUT2D eigenvalue weighted by atomic mass is 16.5. The molecule has 2 bridgehead atoms. The van der Waals surface area contributed by atoms with E-state index in [0.29, 0.717) is 24.3 Å². The highest BCUT2D eigenvalue weighted by molar-refractivity contribution is 5.80. The molecule has 0 aliphatic heterocycles. The van der Waals surface area contributed by atoms with Crippen LogP contribution < -0.4 is 15.8 Å². The Balaban J connectivity index is 1.32. The van der Waals surface area contributed by atoms with Crippen molar-refractivity contribution in [1.82, 2.24) is 10.3 Å². The predicted molar refractivity (Wildman–Crippen MR) is 94.9 cm³/mol. The molecule has 2 aliphatic carbocycles. The van der Waals surface area contributed by atoms with E-state index in [4.69, 9.17) is 10.5 Å². The van der Waals surface area contributed by atoms with Gasteiger partial charge in [0.25, 0.3) is 0 Å². The van der Waals surface area contributed by atoms with Crippen molar-refractivity contribution in [3.05, 3.63) is 54.2 Å². The molecule has 3 N–H and O–H groups in total. The summed E-state index contributed by atoms with van der Waals surface area (Å²) < 4.78 is 5.67. The van der Waals surface area contributed by atoms with Gasteiger partial charge < -0.3 is 15.8 Å². The average molecular weight is 337 g/mol. The molecule has 0 spiro atoms. The second-order valence-corrected chi connectivity index (χ2v) is 7.07. The second kappa shape index (κ2) is 6.84. The molecule has 0 saturated heterocycles. The summed E-state index contributed by atoms with van der Waals surface area (Å²) in [4.78, 5) is 16.8. The lowest BCUT2D eigenvalue weighted by Crippen LogP contribution is -2.45. The van der Waals surface area contributed by atoms with Crippen molar-refractivity contribution in [1.29, 1.82) is 0 Å². The molecule has 2 aliphatic rings. The van der Waals surface area contributed by atoms with E-state index in [9.17, 15) is 4.79 Å². The third-order valence-electron chi connectivity index (χ3n) is 5.51. The predicted octanol–water partition coefficient (Wildman–Crippen LogP) is 2.86. The lowest BCUT2D eigenvalue weighted by Gasteiger charge is -2.27. The third-order valence-corrected chi connectivity index (χ3v) is 5.51. The van der Waals surface area contributed by atoms with Crippen LogP contribution in [0.1, 0.15) is 24.8 Å². The molecule has 1 aromatic heterocycles. The van der Waals surface area contributed by atoms with Crippen molar-refractivity contribution in [3.63, 3.8) is 0 Å². The molecular formula is C20H23N3O2. The van der Waals surface area contributed by atoms with Gasteiger partial charge in [0.2, 0.25) is 11.8 Å².